The molecule has 1 atom stereocenters. The molecule has 2 aliphatic rings. The minimum atomic E-state index is 0.115. The van der Waals surface area contributed by atoms with Crippen LogP contribution in [0.5, 0.6) is 0 Å². The van der Waals surface area contributed by atoms with Gasteiger partial charge in [-0.3, -0.25) is 4.79 Å². The third-order valence-electron chi connectivity index (χ3n) is 6.67. The van der Waals surface area contributed by atoms with E-state index in [2.05, 4.69) is 53.5 Å². The third-order valence-corrected chi connectivity index (χ3v) is 6.67. The lowest BCUT2D eigenvalue weighted by Crippen LogP contribution is -2.36. The summed E-state index contributed by atoms with van der Waals surface area (Å²) < 4.78 is 0. The summed E-state index contributed by atoms with van der Waals surface area (Å²) in [5.41, 5.74) is 3.44. The Balaban J connectivity index is 1.47. The summed E-state index contributed by atoms with van der Waals surface area (Å²) in [7, 11) is 4.31. The fraction of sp³-hybridized carbons (Fsp3) is 0.560. The minimum Gasteiger partial charge on any atom is -0.375 e. The maximum atomic E-state index is 12.0. The molecule has 7 heteroatoms. The number of anilines is 2. The fourth-order valence-corrected chi connectivity index (χ4v) is 4.74. The Hall–Kier alpha value is -2.67. The average molecular weight is 437 g/mol. The number of hydrogen-bond donors (Lipinski definition) is 1. The zero-order chi connectivity index (χ0) is 22.5. The van der Waals surface area contributed by atoms with Crippen LogP contribution in [0.4, 0.5) is 11.5 Å². The van der Waals surface area contributed by atoms with Crippen LogP contribution in [0.15, 0.2) is 30.3 Å². The van der Waals surface area contributed by atoms with Gasteiger partial charge in [0.05, 0.1) is 12.2 Å². The van der Waals surface area contributed by atoms with Crippen molar-refractivity contribution in [1.82, 2.24) is 19.8 Å². The maximum absolute atomic E-state index is 12.0. The van der Waals surface area contributed by atoms with Gasteiger partial charge in [0.1, 0.15) is 11.6 Å². The van der Waals surface area contributed by atoms with E-state index in [1.54, 1.807) is 6.92 Å². The summed E-state index contributed by atoms with van der Waals surface area (Å²) in [5.74, 6) is 2.39. The molecule has 32 heavy (non-hydrogen) atoms. The highest BCUT2D eigenvalue weighted by Gasteiger charge is 2.27. The molecule has 0 aliphatic carbocycles. The highest BCUT2D eigenvalue weighted by Crippen LogP contribution is 2.29. The van der Waals surface area contributed by atoms with Gasteiger partial charge in [0.2, 0.25) is 5.91 Å². The summed E-state index contributed by atoms with van der Waals surface area (Å²) in [4.78, 5) is 28.6. The number of likely N-dealkylation sites (N-methyl/N-ethyl adjacent to an activating group) is 1. The van der Waals surface area contributed by atoms with E-state index in [4.69, 9.17) is 9.97 Å². The summed E-state index contributed by atoms with van der Waals surface area (Å²) in [6.45, 7) is 6.95. The molecule has 4 rings (SSSR count). The molecule has 172 valence electrons. The second-order valence-corrected chi connectivity index (χ2v) is 9.19. The Morgan fingerprint density at radius 1 is 1.22 bits per heavy atom. The van der Waals surface area contributed by atoms with Gasteiger partial charge >= 0.3 is 0 Å². The average Bonchev–Trinajstić information content (AvgIpc) is 2.81. The van der Waals surface area contributed by atoms with E-state index in [1.807, 2.05) is 11.0 Å². The zero-order valence-corrected chi connectivity index (χ0v) is 19.7. The van der Waals surface area contributed by atoms with E-state index in [0.29, 0.717) is 12.5 Å². The van der Waals surface area contributed by atoms with E-state index in [1.165, 1.54) is 12.1 Å². The van der Waals surface area contributed by atoms with Crippen LogP contribution >= 0.6 is 0 Å². The van der Waals surface area contributed by atoms with Gasteiger partial charge in [-0.15, -0.1) is 0 Å². The molecule has 1 amide bonds. The maximum Gasteiger partial charge on any atom is 0.219 e. The van der Waals surface area contributed by atoms with Gasteiger partial charge in [0, 0.05) is 63.7 Å². The number of carbonyl (C=O) groups excluding carboxylic acids is 1. The number of nitrogens with one attached hydrogen (secondary N) is 1. The lowest BCUT2D eigenvalue weighted by Gasteiger charge is -2.32. The first-order valence-corrected chi connectivity index (χ1v) is 11.8. The zero-order valence-electron chi connectivity index (χ0n) is 19.7. The molecule has 7 nitrogen and oxygen atoms in total. The molecule has 1 aromatic heterocycles. The van der Waals surface area contributed by atoms with Crippen LogP contribution in [-0.4, -0.2) is 72.5 Å². The summed E-state index contributed by atoms with van der Waals surface area (Å²) in [6, 6.07) is 10.5. The third kappa shape index (κ3) is 5.38. The van der Waals surface area contributed by atoms with Gasteiger partial charge in [-0.2, -0.15) is 0 Å². The SMILES string of the molecule is CC(=O)N1CCc2nc([C@@H]3CCCN(C)C3)nc(NCCCN(C)c3ccccc3)c2C1. The van der Waals surface area contributed by atoms with E-state index in [-0.39, 0.29) is 5.91 Å². The van der Waals surface area contributed by atoms with Crippen molar-refractivity contribution in [3.05, 3.63) is 47.4 Å². The number of fused-ring (bicyclic) bond motifs is 1. The molecular formula is C25H36N6O. The van der Waals surface area contributed by atoms with Gasteiger partial charge in [-0.1, -0.05) is 18.2 Å². The number of benzene rings is 1. The van der Waals surface area contributed by atoms with Gasteiger partial charge in [-0.05, 0) is 45.0 Å². The Morgan fingerprint density at radius 2 is 2.03 bits per heavy atom. The summed E-state index contributed by atoms with van der Waals surface area (Å²) in [5, 5.41) is 3.60. The molecule has 1 fully saturated rings. The molecule has 2 aromatic rings. The molecule has 3 heterocycles. The smallest absolute Gasteiger partial charge is 0.219 e. The van der Waals surface area contributed by atoms with E-state index >= 15 is 0 Å². The molecule has 1 saturated heterocycles. The van der Waals surface area contributed by atoms with Crippen LogP contribution in [0.3, 0.4) is 0 Å². The van der Waals surface area contributed by atoms with E-state index in [9.17, 15) is 4.79 Å². The Bertz CT molecular complexity index is 918. The molecule has 0 bridgehead atoms. The first-order valence-electron chi connectivity index (χ1n) is 11.8. The summed E-state index contributed by atoms with van der Waals surface area (Å²) >= 11 is 0. The van der Waals surface area contributed by atoms with Gasteiger partial charge in [-0.25, -0.2) is 9.97 Å². The van der Waals surface area contributed by atoms with Crippen molar-refractivity contribution in [2.24, 2.45) is 0 Å². The first-order chi connectivity index (χ1) is 15.5. The van der Waals surface area contributed by atoms with Crippen molar-refractivity contribution in [2.45, 2.75) is 45.1 Å². The number of aromatic nitrogens is 2. The number of piperidine rings is 1. The fourth-order valence-electron chi connectivity index (χ4n) is 4.74. The van der Waals surface area contributed by atoms with Crippen LogP contribution in [0.1, 0.15) is 49.2 Å². The number of rotatable bonds is 7. The predicted molar refractivity (Wildman–Crippen MR) is 129 cm³/mol. The molecule has 1 N–H and O–H groups in total. The highest BCUT2D eigenvalue weighted by molar-refractivity contribution is 5.74. The van der Waals surface area contributed by atoms with Crippen LogP contribution < -0.4 is 10.2 Å². The standard InChI is InChI=1S/C25H36N6O/c1-19(32)31-16-12-23-22(18-31)25(28-24(27-23)20-9-7-14-29(2)17-20)26-13-8-15-30(3)21-10-5-4-6-11-21/h4-6,10-11,20H,7-9,12-18H2,1-3H3,(H,26,27,28)/t20-/m1/s1. The van der Waals surface area contributed by atoms with E-state index < -0.39 is 0 Å². The van der Waals surface area contributed by atoms with Crippen molar-refractivity contribution in [1.29, 1.82) is 0 Å². The van der Waals surface area contributed by atoms with Gasteiger partial charge in [0.25, 0.3) is 0 Å². The summed E-state index contributed by atoms with van der Waals surface area (Å²) in [6.07, 6.45) is 4.14. The number of hydrogen-bond acceptors (Lipinski definition) is 6. The molecular weight excluding hydrogens is 400 g/mol. The largest absolute Gasteiger partial charge is 0.375 e. The van der Waals surface area contributed by atoms with Crippen molar-refractivity contribution in [2.75, 3.05) is 57.0 Å². The van der Waals surface area contributed by atoms with Crippen molar-refractivity contribution < 1.29 is 4.79 Å². The Morgan fingerprint density at radius 3 is 2.78 bits per heavy atom. The van der Waals surface area contributed by atoms with Crippen molar-refractivity contribution in [3.8, 4) is 0 Å². The number of amides is 1. The molecule has 1 aromatic carbocycles. The van der Waals surface area contributed by atoms with Gasteiger partial charge in [0.15, 0.2) is 0 Å². The van der Waals surface area contributed by atoms with Crippen molar-refractivity contribution in [3.63, 3.8) is 0 Å². The monoisotopic (exact) mass is 436 g/mol. The van der Waals surface area contributed by atoms with E-state index in [0.717, 1.165) is 74.9 Å². The lowest BCUT2D eigenvalue weighted by atomic mass is 9.96. The van der Waals surface area contributed by atoms with Crippen molar-refractivity contribution >= 4 is 17.4 Å². The van der Waals surface area contributed by atoms with Crippen LogP contribution in [-0.2, 0) is 17.8 Å². The van der Waals surface area contributed by atoms with Crippen LogP contribution in [0.2, 0.25) is 0 Å². The first kappa shape index (κ1) is 22.5. The second-order valence-electron chi connectivity index (χ2n) is 9.19. The number of para-hydroxylation sites is 1. The lowest BCUT2D eigenvalue weighted by molar-refractivity contribution is -0.129. The topological polar surface area (TPSA) is 64.6 Å². The molecule has 0 unspecified atom stereocenters. The Kier molecular flexibility index (Phi) is 7.25. The van der Waals surface area contributed by atoms with Gasteiger partial charge < -0.3 is 20.0 Å². The minimum absolute atomic E-state index is 0.115. The quantitative estimate of drug-likeness (QED) is 0.673. The molecule has 0 spiro atoms. The van der Waals surface area contributed by atoms with Crippen LogP contribution in [0.25, 0.3) is 0 Å². The second kappa shape index (κ2) is 10.3. The normalized spacial score (nSPS) is 18.8. The highest BCUT2D eigenvalue weighted by atomic mass is 16.2. The number of nitrogens with zero attached hydrogens (tertiary/aromatic N) is 5. The molecule has 0 radical (unpaired) electrons. The predicted octanol–water partition coefficient (Wildman–Crippen LogP) is 3.13. The Labute approximate surface area is 191 Å². The van der Waals surface area contributed by atoms with Crippen LogP contribution in [0, 0.1) is 0 Å². The molecule has 0 saturated carbocycles. The number of carbonyl (C=O) groups is 1. The number of likely N-dealkylation sites (tertiary alicyclic amines) is 1. The molecule has 2 aliphatic heterocycles.